The number of nitrogens with one attached hydrogen (secondary N) is 1. The highest BCUT2D eigenvalue weighted by molar-refractivity contribution is 5.80. The summed E-state index contributed by atoms with van der Waals surface area (Å²) in [5.74, 6) is -5.68. The number of rotatable bonds is 4. The number of carbonyl (C=O) groups excluding carboxylic acids is 2. The number of nitrogens with two attached hydrogens (primary N) is 1. The first-order valence-corrected chi connectivity index (χ1v) is 25.5. The number of aliphatic hydroxyl groups excluding tert-OH is 10. The molecule has 0 aromatic heterocycles. The molecule has 3 fully saturated rings. The normalized spacial score (nSPS) is 45.5. The van der Waals surface area contributed by atoms with Crippen LogP contribution in [0.15, 0.2) is 85.1 Å². The van der Waals surface area contributed by atoms with Gasteiger partial charge in [-0.25, -0.2) is 0 Å². The molecule has 1 saturated carbocycles. The predicted molar refractivity (Wildman–Crippen MR) is 266 cm³/mol. The summed E-state index contributed by atoms with van der Waals surface area (Å²) in [6.45, 7) is 6.79. The van der Waals surface area contributed by atoms with Crippen LogP contribution in [0.2, 0.25) is 0 Å². The predicted octanol–water partition coefficient (Wildman–Crippen LogP) is 1.05. The topological polar surface area (TPSA) is 332 Å². The van der Waals surface area contributed by atoms with Gasteiger partial charge in [0.15, 0.2) is 12.1 Å². The van der Waals surface area contributed by atoms with Crippen molar-refractivity contribution in [3.05, 3.63) is 85.1 Å². The molecular formula is C53H84N2O17. The van der Waals surface area contributed by atoms with Gasteiger partial charge in [-0.15, -0.1) is 0 Å². The lowest BCUT2D eigenvalue weighted by atomic mass is 9.81. The third-order valence-corrected chi connectivity index (χ3v) is 14.0. The molecule has 21 atom stereocenters. The number of hydrogen-bond acceptors (Lipinski definition) is 18. The summed E-state index contributed by atoms with van der Waals surface area (Å²) in [5.41, 5.74) is 6.12. The summed E-state index contributed by atoms with van der Waals surface area (Å²) in [5, 5.41) is 123. The summed E-state index contributed by atoms with van der Waals surface area (Å²) in [4.78, 5) is 26.8. The number of carbonyl (C=O) groups is 2. The van der Waals surface area contributed by atoms with E-state index in [-0.39, 0.29) is 31.6 Å². The van der Waals surface area contributed by atoms with E-state index in [2.05, 4.69) is 5.32 Å². The van der Waals surface area contributed by atoms with E-state index in [4.69, 9.17) is 24.7 Å². The second kappa shape index (κ2) is 30.2. The van der Waals surface area contributed by atoms with Crippen molar-refractivity contribution in [2.24, 2.45) is 23.5 Å². The zero-order valence-electron chi connectivity index (χ0n) is 42.1. The first-order valence-electron chi connectivity index (χ1n) is 25.5. The molecular weight excluding hydrogens is 937 g/mol. The van der Waals surface area contributed by atoms with E-state index in [0.717, 1.165) is 0 Å². The van der Waals surface area contributed by atoms with Crippen LogP contribution in [0.4, 0.5) is 0 Å². The van der Waals surface area contributed by atoms with Gasteiger partial charge in [0, 0.05) is 43.6 Å². The number of cyclic esters (lactones) is 1. The first kappa shape index (κ1) is 61.1. The van der Waals surface area contributed by atoms with Crippen molar-refractivity contribution in [3.8, 4) is 0 Å². The average molecular weight is 1020 g/mol. The molecule has 19 heteroatoms. The molecule has 1 amide bonds. The van der Waals surface area contributed by atoms with Crippen molar-refractivity contribution in [1.29, 1.82) is 0 Å². The molecule has 0 radical (unpaired) electrons. The highest BCUT2D eigenvalue weighted by atomic mass is 16.7. The van der Waals surface area contributed by atoms with Crippen molar-refractivity contribution in [1.82, 2.24) is 5.32 Å². The second-order valence-electron chi connectivity index (χ2n) is 20.3. The van der Waals surface area contributed by atoms with E-state index < -0.39 is 159 Å². The van der Waals surface area contributed by atoms with E-state index >= 15 is 0 Å². The van der Waals surface area contributed by atoms with Crippen LogP contribution in [0.3, 0.4) is 0 Å². The maximum Gasteiger partial charge on any atom is 0.308 e. The smallest absolute Gasteiger partial charge is 0.308 e. The molecule has 3 aliphatic heterocycles. The van der Waals surface area contributed by atoms with E-state index in [9.17, 15) is 65.8 Å². The Morgan fingerprint density at radius 1 is 0.639 bits per heavy atom. The van der Waals surface area contributed by atoms with Crippen molar-refractivity contribution < 1.29 is 84.7 Å². The SMILES string of the molecule is C[C@@H]1[C@H](O)[C@@H](C)/C=C/C=C/C=C/C=C/C=C/C=C/C=C/[C@H](O[C@@H]2O[C@H](C)[C@@H](O)[C@H](N)[C@@H]2O)C[C@@H]2O[C@](O)(C[C@@H](O)C[C@@H](O)[C@H](O)CC[C@@H](O)C[C@@H](O)CC(=O)O[C@H]1C)C[C@H](O)[C@H]2C(=O)N[C@@H]1CCC[C@H](O)C1. The van der Waals surface area contributed by atoms with Gasteiger partial charge < -0.3 is 86.2 Å². The van der Waals surface area contributed by atoms with Crippen molar-refractivity contribution in [3.63, 3.8) is 0 Å². The quantitative estimate of drug-likeness (QED) is 0.175. The fourth-order valence-corrected chi connectivity index (χ4v) is 9.58. The van der Waals surface area contributed by atoms with E-state index in [1.165, 1.54) is 0 Å². The number of esters is 1. The molecule has 408 valence electrons. The molecule has 72 heavy (non-hydrogen) atoms. The third-order valence-electron chi connectivity index (χ3n) is 14.0. The lowest BCUT2D eigenvalue weighted by molar-refractivity contribution is -0.307. The summed E-state index contributed by atoms with van der Waals surface area (Å²) < 4.78 is 23.8. The number of fused-ring (bicyclic) bond motifs is 2. The fourth-order valence-electron chi connectivity index (χ4n) is 9.58. The van der Waals surface area contributed by atoms with Crippen molar-refractivity contribution >= 4 is 11.9 Å². The van der Waals surface area contributed by atoms with Gasteiger partial charge in [0.2, 0.25) is 5.91 Å². The third kappa shape index (κ3) is 20.0. The summed E-state index contributed by atoms with van der Waals surface area (Å²) in [7, 11) is 0. The Bertz CT molecular complexity index is 1860. The summed E-state index contributed by atoms with van der Waals surface area (Å²) in [6.07, 6.45) is 5.97. The minimum Gasteiger partial charge on any atom is -0.462 e. The summed E-state index contributed by atoms with van der Waals surface area (Å²) in [6, 6.07) is -1.55. The standard InChI is InChI=1S/C53H84N2O17/c1-31-18-15-13-11-9-7-5-6-8-10-12-14-16-21-40(71-52-50(66)47(54)49(65)34(4)70-52)28-44-46(51(67)55-35-19-17-20-36(56)24-35)43(62)30-53(68,72-44)29-39(59)26-42(61)41(60)23-22-37(57)25-38(58)27-45(63)69-33(3)32(2)48(31)64/h5-16,18,21,31-44,46-50,52,56-62,64-66,68H,17,19-20,22-30,54H2,1-4H3,(H,55,67)/b6-5+,9-7+,10-8+,13-11+,14-12+,18-15+,21-16+/t31-,32-,33-,34+,35+,36-,37+,38+,39-,40-,41+,42+,43-,44-,46+,47-,48+,49+,50-,52-,53+/m0/s1. The Morgan fingerprint density at radius 3 is 1.86 bits per heavy atom. The number of hydrogen-bond donors (Lipinski definition) is 13. The maximum absolute atomic E-state index is 14.1. The molecule has 2 saturated heterocycles. The Kier molecular flexibility index (Phi) is 25.6. The number of allylic oxidation sites excluding steroid dienone is 12. The number of amides is 1. The van der Waals surface area contributed by atoms with Gasteiger partial charge in [-0.3, -0.25) is 9.59 Å². The van der Waals surface area contributed by atoms with Crippen LogP contribution in [0.25, 0.3) is 0 Å². The molecule has 0 unspecified atom stereocenters. The van der Waals surface area contributed by atoms with Crippen LogP contribution in [-0.4, -0.2) is 178 Å². The zero-order chi connectivity index (χ0) is 53.1. The molecule has 19 nitrogen and oxygen atoms in total. The summed E-state index contributed by atoms with van der Waals surface area (Å²) >= 11 is 0. The van der Waals surface area contributed by atoms with Gasteiger partial charge in [0.1, 0.15) is 12.2 Å². The van der Waals surface area contributed by atoms with Crippen LogP contribution in [0.5, 0.6) is 0 Å². The Balaban J connectivity index is 1.61. The average Bonchev–Trinajstić information content (AvgIpc) is 3.30. The number of aliphatic hydroxyl groups is 11. The molecule has 1 aliphatic carbocycles. The van der Waals surface area contributed by atoms with E-state index in [1.807, 2.05) is 43.4 Å². The first-order chi connectivity index (χ1) is 34.1. The number of ether oxygens (including phenoxy) is 4. The minimum atomic E-state index is -2.29. The van der Waals surface area contributed by atoms with Crippen LogP contribution in [0, 0.1) is 17.8 Å². The molecule has 0 aromatic carbocycles. The molecule has 2 bridgehead atoms. The molecule has 0 aromatic rings. The van der Waals surface area contributed by atoms with Gasteiger partial charge in [0.25, 0.3) is 0 Å². The highest BCUT2D eigenvalue weighted by Crippen LogP contribution is 2.38. The van der Waals surface area contributed by atoms with Gasteiger partial charge in [-0.1, -0.05) is 98.9 Å². The maximum atomic E-state index is 14.1. The Hall–Kier alpha value is -3.48. The lowest BCUT2D eigenvalue weighted by Gasteiger charge is -2.46. The fraction of sp³-hybridized carbons (Fsp3) is 0.698. The van der Waals surface area contributed by atoms with Crippen LogP contribution in [0.1, 0.15) is 105 Å². The lowest BCUT2D eigenvalue weighted by Crippen LogP contribution is -2.62. The zero-order valence-corrected chi connectivity index (χ0v) is 42.1. The van der Waals surface area contributed by atoms with Crippen molar-refractivity contribution in [2.45, 2.75) is 214 Å². The minimum absolute atomic E-state index is 0.100. The Labute approximate surface area is 423 Å². The van der Waals surface area contributed by atoms with Crippen LogP contribution in [-0.2, 0) is 28.5 Å². The molecule has 3 heterocycles. The molecule has 14 N–H and O–H groups in total. The van der Waals surface area contributed by atoms with Crippen molar-refractivity contribution in [2.75, 3.05) is 0 Å². The van der Waals surface area contributed by atoms with Gasteiger partial charge in [0.05, 0.1) is 91.6 Å². The Morgan fingerprint density at radius 2 is 1.24 bits per heavy atom. The van der Waals surface area contributed by atoms with Gasteiger partial charge in [-0.05, 0) is 58.8 Å². The highest BCUT2D eigenvalue weighted by Gasteiger charge is 2.51. The molecule has 4 rings (SSSR count). The monoisotopic (exact) mass is 1020 g/mol. The van der Waals surface area contributed by atoms with Crippen LogP contribution >= 0.6 is 0 Å². The van der Waals surface area contributed by atoms with Gasteiger partial charge >= 0.3 is 5.97 Å². The second-order valence-corrected chi connectivity index (χ2v) is 20.3. The molecule has 0 spiro atoms. The van der Waals surface area contributed by atoms with E-state index in [0.29, 0.717) is 25.7 Å². The largest absolute Gasteiger partial charge is 0.462 e. The van der Waals surface area contributed by atoms with E-state index in [1.54, 1.807) is 69.4 Å². The van der Waals surface area contributed by atoms with Gasteiger partial charge in [-0.2, -0.15) is 0 Å². The molecule has 4 aliphatic rings. The van der Waals surface area contributed by atoms with Crippen LogP contribution < -0.4 is 11.1 Å².